The Morgan fingerprint density at radius 1 is 1.08 bits per heavy atom. The molecule has 1 aromatic carbocycles. The van der Waals surface area contributed by atoms with Gasteiger partial charge in [0.15, 0.2) is 0 Å². The third-order valence-electron chi connectivity index (χ3n) is 5.98. The second-order valence-corrected chi connectivity index (χ2v) is 8.00. The van der Waals surface area contributed by atoms with Crippen LogP contribution in [0, 0.1) is 5.92 Å². The van der Waals surface area contributed by atoms with Crippen LogP contribution in [-0.2, 0) is 17.9 Å². The number of imidazole rings is 1. The third-order valence-corrected chi connectivity index (χ3v) is 5.98. The summed E-state index contributed by atoms with van der Waals surface area (Å²) in [5, 5.41) is 0. The van der Waals surface area contributed by atoms with E-state index < -0.39 is 0 Å². The molecule has 0 bridgehead atoms. The van der Waals surface area contributed by atoms with Crippen LogP contribution in [0.1, 0.15) is 44.9 Å². The van der Waals surface area contributed by atoms with Crippen LogP contribution < -0.4 is 0 Å². The zero-order valence-electron chi connectivity index (χ0n) is 15.9. The van der Waals surface area contributed by atoms with Crippen LogP contribution in [0.4, 0.5) is 0 Å². The van der Waals surface area contributed by atoms with E-state index in [4.69, 9.17) is 4.98 Å². The zero-order valence-corrected chi connectivity index (χ0v) is 15.9. The van der Waals surface area contributed by atoms with Gasteiger partial charge in [-0.2, -0.15) is 0 Å². The van der Waals surface area contributed by atoms with E-state index in [1.165, 1.54) is 19.3 Å². The van der Waals surface area contributed by atoms with Gasteiger partial charge in [0.25, 0.3) is 0 Å². The van der Waals surface area contributed by atoms with Gasteiger partial charge in [-0.1, -0.05) is 19.1 Å². The highest BCUT2D eigenvalue weighted by Crippen LogP contribution is 2.22. The number of aromatic nitrogens is 2. The van der Waals surface area contributed by atoms with E-state index in [1.807, 2.05) is 17.0 Å². The van der Waals surface area contributed by atoms with Crippen molar-refractivity contribution in [1.82, 2.24) is 19.4 Å². The number of amides is 1. The van der Waals surface area contributed by atoms with Crippen molar-refractivity contribution in [3.63, 3.8) is 0 Å². The van der Waals surface area contributed by atoms with Gasteiger partial charge in [0, 0.05) is 13.1 Å². The molecular weight excluding hydrogens is 324 g/mol. The first-order chi connectivity index (χ1) is 12.7. The molecule has 4 rings (SSSR count). The molecule has 2 fully saturated rings. The Bertz CT molecular complexity index is 754. The Labute approximate surface area is 156 Å². The summed E-state index contributed by atoms with van der Waals surface area (Å²) in [6, 6.07) is 8.21. The molecule has 2 aromatic rings. The molecule has 26 heavy (non-hydrogen) atoms. The van der Waals surface area contributed by atoms with Gasteiger partial charge >= 0.3 is 0 Å². The zero-order chi connectivity index (χ0) is 17.9. The molecule has 2 aliphatic rings. The van der Waals surface area contributed by atoms with Gasteiger partial charge in [-0.25, -0.2) is 4.98 Å². The summed E-state index contributed by atoms with van der Waals surface area (Å²) in [6.45, 7) is 7.67. The van der Waals surface area contributed by atoms with E-state index in [9.17, 15) is 4.79 Å². The van der Waals surface area contributed by atoms with E-state index in [1.54, 1.807) is 0 Å². The number of piperidine rings is 2. The number of hydrogen-bond acceptors (Lipinski definition) is 3. The number of fused-ring (bicyclic) bond motifs is 1. The summed E-state index contributed by atoms with van der Waals surface area (Å²) in [5.41, 5.74) is 2.08. The van der Waals surface area contributed by atoms with Crippen molar-refractivity contribution in [1.29, 1.82) is 0 Å². The number of rotatable bonds is 4. The quantitative estimate of drug-likeness (QED) is 0.846. The van der Waals surface area contributed by atoms with Crippen LogP contribution in [0.25, 0.3) is 11.0 Å². The Hall–Kier alpha value is -1.88. The fourth-order valence-corrected chi connectivity index (χ4v) is 4.22. The van der Waals surface area contributed by atoms with Gasteiger partial charge in [0.1, 0.15) is 12.4 Å². The highest BCUT2D eigenvalue weighted by atomic mass is 16.2. The van der Waals surface area contributed by atoms with E-state index in [0.717, 1.165) is 68.3 Å². The minimum atomic E-state index is 0.237. The number of likely N-dealkylation sites (tertiary alicyclic amines) is 2. The van der Waals surface area contributed by atoms with Gasteiger partial charge in [0.2, 0.25) is 5.91 Å². The van der Waals surface area contributed by atoms with Crippen LogP contribution in [0.15, 0.2) is 24.3 Å². The van der Waals surface area contributed by atoms with Crippen molar-refractivity contribution in [2.24, 2.45) is 5.92 Å². The van der Waals surface area contributed by atoms with Crippen LogP contribution in [0.5, 0.6) is 0 Å². The summed E-state index contributed by atoms with van der Waals surface area (Å²) >= 11 is 0. The van der Waals surface area contributed by atoms with Crippen LogP contribution in [0.3, 0.4) is 0 Å². The van der Waals surface area contributed by atoms with Crippen LogP contribution >= 0.6 is 0 Å². The van der Waals surface area contributed by atoms with Gasteiger partial charge in [-0.05, 0) is 63.2 Å². The van der Waals surface area contributed by atoms with Gasteiger partial charge in [-0.3, -0.25) is 9.69 Å². The third kappa shape index (κ3) is 3.78. The van der Waals surface area contributed by atoms with E-state index in [-0.39, 0.29) is 5.91 Å². The fraction of sp³-hybridized carbons (Fsp3) is 0.619. The van der Waals surface area contributed by atoms with Crippen molar-refractivity contribution in [2.45, 2.75) is 52.1 Å². The molecule has 0 saturated carbocycles. The molecule has 0 spiro atoms. The number of nitrogens with zero attached hydrogens (tertiary/aromatic N) is 4. The number of para-hydroxylation sites is 2. The van der Waals surface area contributed by atoms with Crippen molar-refractivity contribution in [3.05, 3.63) is 30.1 Å². The predicted molar refractivity (Wildman–Crippen MR) is 104 cm³/mol. The molecule has 1 amide bonds. The first kappa shape index (κ1) is 17.5. The molecule has 1 aromatic heterocycles. The molecular formula is C21H30N4O. The second kappa shape index (κ2) is 7.78. The van der Waals surface area contributed by atoms with Gasteiger partial charge in [0.05, 0.1) is 17.6 Å². The minimum Gasteiger partial charge on any atom is -0.341 e. The highest BCUT2D eigenvalue weighted by Gasteiger charge is 2.22. The Balaban J connectivity index is 1.56. The molecule has 2 saturated heterocycles. The maximum Gasteiger partial charge on any atom is 0.242 e. The number of hydrogen-bond donors (Lipinski definition) is 0. The van der Waals surface area contributed by atoms with Crippen molar-refractivity contribution >= 4 is 16.9 Å². The Morgan fingerprint density at radius 2 is 1.81 bits per heavy atom. The lowest BCUT2D eigenvalue weighted by atomic mass is 9.99. The SMILES string of the molecule is CC1CCN(Cc2nc3ccccc3n2CC(=O)N2CCCCC2)CC1. The lowest BCUT2D eigenvalue weighted by Gasteiger charge is -2.30. The molecule has 5 heteroatoms. The number of carbonyl (C=O) groups is 1. The maximum atomic E-state index is 12.9. The van der Waals surface area contributed by atoms with Gasteiger partial charge < -0.3 is 9.47 Å². The lowest BCUT2D eigenvalue weighted by molar-refractivity contribution is -0.132. The maximum absolute atomic E-state index is 12.9. The monoisotopic (exact) mass is 354 g/mol. The minimum absolute atomic E-state index is 0.237. The smallest absolute Gasteiger partial charge is 0.242 e. The van der Waals surface area contributed by atoms with Crippen molar-refractivity contribution < 1.29 is 4.79 Å². The molecule has 0 unspecified atom stereocenters. The first-order valence-corrected chi connectivity index (χ1v) is 10.1. The average molecular weight is 354 g/mol. The normalized spacial score (nSPS) is 20.0. The number of carbonyl (C=O) groups excluding carboxylic acids is 1. The summed E-state index contributed by atoms with van der Waals surface area (Å²) in [4.78, 5) is 22.3. The Kier molecular flexibility index (Phi) is 5.25. The number of benzene rings is 1. The van der Waals surface area contributed by atoms with Crippen molar-refractivity contribution in [2.75, 3.05) is 26.2 Å². The topological polar surface area (TPSA) is 41.4 Å². The van der Waals surface area contributed by atoms with Crippen LogP contribution in [0.2, 0.25) is 0 Å². The summed E-state index contributed by atoms with van der Waals surface area (Å²) in [7, 11) is 0. The molecule has 0 atom stereocenters. The van der Waals surface area contributed by atoms with E-state index in [2.05, 4.69) is 28.5 Å². The summed E-state index contributed by atoms with van der Waals surface area (Å²) in [5.74, 6) is 2.10. The largest absolute Gasteiger partial charge is 0.341 e. The van der Waals surface area contributed by atoms with Crippen molar-refractivity contribution in [3.8, 4) is 0 Å². The molecule has 0 aliphatic carbocycles. The standard InChI is InChI=1S/C21H30N4O/c1-17-9-13-23(14-10-17)15-20-22-18-7-3-4-8-19(18)25(20)16-21(26)24-11-5-2-6-12-24/h3-4,7-8,17H,2,5-6,9-16H2,1H3. The fourth-order valence-electron chi connectivity index (χ4n) is 4.22. The molecule has 3 heterocycles. The molecule has 2 aliphatic heterocycles. The van der Waals surface area contributed by atoms with E-state index in [0.29, 0.717) is 6.54 Å². The highest BCUT2D eigenvalue weighted by molar-refractivity contribution is 5.81. The Morgan fingerprint density at radius 3 is 2.58 bits per heavy atom. The summed E-state index contributed by atoms with van der Waals surface area (Å²) < 4.78 is 2.16. The molecule has 0 radical (unpaired) electrons. The van der Waals surface area contributed by atoms with Gasteiger partial charge in [-0.15, -0.1) is 0 Å². The summed E-state index contributed by atoms with van der Waals surface area (Å²) in [6.07, 6.45) is 6.03. The molecule has 5 nitrogen and oxygen atoms in total. The second-order valence-electron chi connectivity index (χ2n) is 8.00. The average Bonchev–Trinajstić information content (AvgIpc) is 3.01. The predicted octanol–water partition coefficient (Wildman–Crippen LogP) is 3.28. The molecule has 140 valence electrons. The first-order valence-electron chi connectivity index (χ1n) is 10.1. The lowest BCUT2D eigenvalue weighted by Crippen LogP contribution is -2.38. The van der Waals surface area contributed by atoms with E-state index >= 15 is 0 Å². The van der Waals surface area contributed by atoms with Crippen LogP contribution in [-0.4, -0.2) is 51.4 Å². The molecule has 0 N–H and O–H groups in total.